The van der Waals surface area contributed by atoms with Crippen molar-refractivity contribution in [2.24, 2.45) is 0 Å². The molecule has 0 bridgehead atoms. The van der Waals surface area contributed by atoms with Gasteiger partial charge in [-0.15, -0.1) is 10.2 Å². The molecule has 0 spiro atoms. The third-order valence-electron chi connectivity index (χ3n) is 3.76. The molecule has 4 aromatic rings. The minimum Gasteiger partial charge on any atom is -0.497 e. The Morgan fingerprint density at radius 2 is 1.61 bits per heavy atom. The van der Waals surface area contributed by atoms with E-state index >= 15 is 0 Å². The third-order valence-corrected chi connectivity index (χ3v) is 3.76. The van der Waals surface area contributed by atoms with Crippen molar-refractivity contribution in [2.75, 3.05) is 7.11 Å². The lowest BCUT2D eigenvalue weighted by Gasteiger charge is -2.02. The predicted molar refractivity (Wildman–Crippen MR) is 89.2 cm³/mol. The average molecular weight is 302 g/mol. The van der Waals surface area contributed by atoms with E-state index in [0.717, 1.165) is 27.6 Å². The summed E-state index contributed by atoms with van der Waals surface area (Å²) in [5, 5.41) is 10.6. The number of hydrogen-bond acceptors (Lipinski definition) is 4. The van der Waals surface area contributed by atoms with Gasteiger partial charge in [-0.1, -0.05) is 42.5 Å². The molecule has 3 aromatic carbocycles. The van der Waals surface area contributed by atoms with Crippen LogP contribution in [0.2, 0.25) is 0 Å². The molecule has 0 radical (unpaired) electrons. The van der Waals surface area contributed by atoms with Gasteiger partial charge in [0.25, 0.3) is 0 Å². The zero-order valence-electron chi connectivity index (χ0n) is 12.6. The molecule has 0 saturated carbocycles. The highest BCUT2D eigenvalue weighted by Gasteiger charge is 2.13. The van der Waals surface area contributed by atoms with E-state index in [1.807, 2.05) is 48.5 Å². The van der Waals surface area contributed by atoms with Crippen LogP contribution in [0, 0.1) is 0 Å². The molecule has 0 atom stereocenters. The Labute approximate surface area is 133 Å². The highest BCUT2D eigenvalue weighted by molar-refractivity contribution is 5.94. The topological polar surface area (TPSA) is 48.2 Å². The summed E-state index contributed by atoms with van der Waals surface area (Å²) in [6.07, 6.45) is 0. The second kappa shape index (κ2) is 5.57. The summed E-state index contributed by atoms with van der Waals surface area (Å²) in [5.41, 5.74) is 1.77. The average Bonchev–Trinajstić information content (AvgIpc) is 3.11. The molecule has 0 amide bonds. The van der Waals surface area contributed by atoms with Crippen LogP contribution in [0.4, 0.5) is 0 Å². The molecule has 0 aliphatic heterocycles. The molecule has 0 unspecified atom stereocenters. The van der Waals surface area contributed by atoms with Gasteiger partial charge in [0.15, 0.2) is 0 Å². The molecule has 4 heteroatoms. The second-order valence-corrected chi connectivity index (χ2v) is 5.17. The van der Waals surface area contributed by atoms with Gasteiger partial charge in [0, 0.05) is 11.1 Å². The van der Waals surface area contributed by atoms with E-state index < -0.39 is 0 Å². The van der Waals surface area contributed by atoms with Gasteiger partial charge in [-0.05, 0) is 35.0 Å². The lowest BCUT2D eigenvalue weighted by molar-refractivity contribution is 0.415. The van der Waals surface area contributed by atoms with Crippen molar-refractivity contribution in [3.8, 4) is 28.7 Å². The monoisotopic (exact) mass is 302 g/mol. The summed E-state index contributed by atoms with van der Waals surface area (Å²) in [5.74, 6) is 1.75. The Balaban J connectivity index is 1.80. The van der Waals surface area contributed by atoms with Crippen LogP contribution >= 0.6 is 0 Å². The van der Waals surface area contributed by atoms with Crippen LogP contribution in [0.5, 0.6) is 5.75 Å². The number of nitrogens with zero attached hydrogens (tertiary/aromatic N) is 2. The van der Waals surface area contributed by atoms with E-state index in [4.69, 9.17) is 9.15 Å². The first kappa shape index (κ1) is 13.5. The number of hydrogen-bond donors (Lipinski definition) is 0. The zero-order chi connectivity index (χ0) is 15.6. The molecular weight excluding hydrogens is 288 g/mol. The largest absolute Gasteiger partial charge is 0.497 e. The SMILES string of the molecule is COc1cccc(-c2nnc(-c3cccc4ccccc34)o2)c1. The molecule has 23 heavy (non-hydrogen) atoms. The second-order valence-electron chi connectivity index (χ2n) is 5.17. The maximum Gasteiger partial charge on any atom is 0.248 e. The Morgan fingerprint density at radius 3 is 2.52 bits per heavy atom. The number of rotatable bonds is 3. The van der Waals surface area contributed by atoms with E-state index in [0.29, 0.717) is 11.8 Å². The van der Waals surface area contributed by atoms with E-state index in [2.05, 4.69) is 28.4 Å². The Bertz CT molecular complexity index is 970. The fourth-order valence-corrected chi connectivity index (χ4v) is 2.62. The van der Waals surface area contributed by atoms with Crippen molar-refractivity contribution in [3.63, 3.8) is 0 Å². The summed E-state index contributed by atoms with van der Waals surface area (Å²) in [6.45, 7) is 0. The normalized spacial score (nSPS) is 10.8. The molecule has 0 aliphatic rings. The van der Waals surface area contributed by atoms with E-state index in [1.165, 1.54) is 0 Å². The third kappa shape index (κ3) is 2.44. The molecular formula is C19H14N2O2. The minimum atomic E-state index is 0.479. The van der Waals surface area contributed by atoms with Gasteiger partial charge in [-0.25, -0.2) is 0 Å². The Hall–Kier alpha value is -3.14. The smallest absolute Gasteiger partial charge is 0.248 e. The number of methoxy groups -OCH3 is 1. The van der Waals surface area contributed by atoms with Gasteiger partial charge in [-0.3, -0.25) is 0 Å². The van der Waals surface area contributed by atoms with Gasteiger partial charge >= 0.3 is 0 Å². The molecule has 4 nitrogen and oxygen atoms in total. The van der Waals surface area contributed by atoms with Crippen molar-refractivity contribution < 1.29 is 9.15 Å². The molecule has 0 fully saturated rings. The standard InChI is InChI=1S/C19H14N2O2/c1-22-15-9-4-8-14(12-15)18-20-21-19(23-18)17-11-5-7-13-6-2-3-10-16(13)17/h2-12H,1H3. The van der Waals surface area contributed by atoms with Crippen LogP contribution in [0.25, 0.3) is 33.7 Å². The highest BCUT2D eigenvalue weighted by atomic mass is 16.5. The summed E-state index contributed by atoms with van der Waals surface area (Å²) in [7, 11) is 1.63. The number of benzene rings is 3. The van der Waals surface area contributed by atoms with Crippen LogP contribution < -0.4 is 4.74 Å². The van der Waals surface area contributed by atoms with E-state index in [9.17, 15) is 0 Å². The summed E-state index contributed by atoms with van der Waals surface area (Å²) in [4.78, 5) is 0. The molecule has 1 heterocycles. The number of ether oxygens (including phenoxy) is 1. The first-order valence-corrected chi connectivity index (χ1v) is 7.31. The number of fused-ring (bicyclic) bond motifs is 1. The van der Waals surface area contributed by atoms with Gasteiger partial charge in [-0.2, -0.15) is 0 Å². The highest BCUT2D eigenvalue weighted by Crippen LogP contribution is 2.30. The van der Waals surface area contributed by atoms with Crippen molar-refractivity contribution in [1.82, 2.24) is 10.2 Å². The van der Waals surface area contributed by atoms with Gasteiger partial charge in [0.1, 0.15) is 5.75 Å². The molecule has 0 aliphatic carbocycles. The van der Waals surface area contributed by atoms with Crippen molar-refractivity contribution in [2.45, 2.75) is 0 Å². The molecule has 112 valence electrons. The fourth-order valence-electron chi connectivity index (χ4n) is 2.62. The quantitative estimate of drug-likeness (QED) is 0.556. The van der Waals surface area contributed by atoms with Crippen molar-refractivity contribution in [3.05, 3.63) is 66.7 Å². The van der Waals surface area contributed by atoms with E-state index in [-0.39, 0.29) is 0 Å². The summed E-state index contributed by atoms with van der Waals surface area (Å²) < 4.78 is 11.1. The van der Waals surface area contributed by atoms with Gasteiger partial charge in [0.2, 0.25) is 11.8 Å². The van der Waals surface area contributed by atoms with Gasteiger partial charge < -0.3 is 9.15 Å². The lowest BCUT2D eigenvalue weighted by Crippen LogP contribution is -1.83. The van der Waals surface area contributed by atoms with Crippen molar-refractivity contribution in [1.29, 1.82) is 0 Å². The predicted octanol–water partition coefficient (Wildman–Crippen LogP) is 4.57. The van der Waals surface area contributed by atoms with Crippen LogP contribution in [0.15, 0.2) is 71.1 Å². The molecule has 0 N–H and O–H groups in total. The van der Waals surface area contributed by atoms with Crippen molar-refractivity contribution >= 4 is 10.8 Å². The fraction of sp³-hybridized carbons (Fsp3) is 0.0526. The maximum absolute atomic E-state index is 5.89. The van der Waals surface area contributed by atoms with Gasteiger partial charge in [0.05, 0.1) is 7.11 Å². The number of aromatic nitrogens is 2. The zero-order valence-corrected chi connectivity index (χ0v) is 12.6. The Morgan fingerprint density at radius 1 is 0.826 bits per heavy atom. The van der Waals surface area contributed by atoms with Crippen LogP contribution in [-0.2, 0) is 0 Å². The molecule has 0 saturated heterocycles. The lowest BCUT2D eigenvalue weighted by atomic mass is 10.0. The first-order chi connectivity index (χ1) is 11.3. The van der Waals surface area contributed by atoms with Crippen LogP contribution in [0.1, 0.15) is 0 Å². The van der Waals surface area contributed by atoms with E-state index in [1.54, 1.807) is 7.11 Å². The van der Waals surface area contributed by atoms with Crippen LogP contribution in [-0.4, -0.2) is 17.3 Å². The summed E-state index contributed by atoms with van der Waals surface area (Å²) in [6, 6.07) is 21.8. The molecule has 1 aromatic heterocycles. The molecule has 4 rings (SSSR count). The minimum absolute atomic E-state index is 0.479. The first-order valence-electron chi connectivity index (χ1n) is 7.31. The Kier molecular flexibility index (Phi) is 3.27. The maximum atomic E-state index is 5.89. The summed E-state index contributed by atoms with van der Waals surface area (Å²) >= 11 is 0. The van der Waals surface area contributed by atoms with Crippen LogP contribution in [0.3, 0.4) is 0 Å².